The molecule has 0 unspecified atom stereocenters. The van der Waals surface area contributed by atoms with Crippen LogP contribution in [-0.4, -0.2) is 46.8 Å². The molecule has 2 heterocycles. The van der Waals surface area contributed by atoms with E-state index < -0.39 is 0 Å². The second-order valence-corrected chi connectivity index (χ2v) is 9.27. The van der Waals surface area contributed by atoms with E-state index >= 15 is 0 Å². The number of para-hydroxylation sites is 1. The lowest BCUT2D eigenvalue weighted by molar-refractivity contribution is 0.0737. The van der Waals surface area contributed by atoms with Gasteiger partial charge < -0.3 is 9.80 Å². The molecule has 0 atom stereocenters. The highest BCUT2D eigenvalue weighted by atomic mass is 35.5. The first-order valence-corrected chi connectivity index (χ1v) is 12.0. The zero-order chi connectivity index (χ0) is 23.7. The van der Waals surface area contributed by atoms with E-state index in [0.29, 0.717) is 58.3 Å². The Bertz CT molecular complexity index is 1350. The van der Waals surface area contributed by atoms with Crippen molar-refractivity contribution in [1.29, 1.82) is 0 Å². The minimum absolute atomic E-state index is 0.0930. The summed E-state index contributed by atoms with van der Waals surface area (Å²) in [5.41, 5.74) is 3.56. The van der Waals surface area contributed by atoms with E-state index in [9.17, 15) is 4.79 Å². The Morgan fingerprint density at radius 2 is 1.47 bits per heavy atom. The number of carbonyl (C=O) groups excluding carboxylic acids is 1. The second-order valence-electron chi connectivity index (χ2n) is 8.02. The van der Waals surface area contributed by atoms with Gasteiger partial charge in [-0.2, -0.15) is 5.10 Å². The van der Waals surface area contributed by atoms with E-state index in [0.717, 1.165) is 11.3 Å². The summed E-state index contributed by atoms with van der Waals surface area (Å²) in [7, 11) is 0. The summed E-state index contributed by atoms with van der Waals surface area (Å²) in [5.74, 6) is -0.0930. The monoisotopic (exact) mass is 510 g/mol. The smallest absolute Gasteiger partial charge is 0.272 e. The maximum atomic E-state index is 13.7. The molecule has 0 bridgehead atoms. The van der Waals surface area contributed by atoms with Gasteiger partial charge in [-0.25, -0.2) is 4.68 Å². The van der Waals surface area contributed by atoms with Crippen LogP contribution in [0, 0.1) is 0 Å². The summed E-state index contributed by atoms with van der Waals surface area (Å²) >= 11 is 19.0. The van der Waals surface area contributed by atoms with Crippen molar-refractivity contribution in [2.45, 2.75) is 0 Å². The minimum atomic E-state index is -0.0930. The van der Waals surface area contributed by atoms with Gasteiger partial charge in [0.15, 0.2) is 0 Å². The molecule has 1 aliphatic rings. The average molecular weight is 512 g/mol. The summed E-state index contributed by atoms with van der Waals surface area (Å²) in [6, 6.07) is 24.3. The van der Waals surface area contributed by atoms with E-state index in [-0.39, 0.29) is 5.91 Å². The molecule has 8 heteroatoms. The quantitative estimate of drug-likeness (QED) is 0.316. The maximum Gasteiger partial charge on any atom is 0.272 e. The largest absolute Gasteiger partial charge is 0.367 e. The van der Waals surface area contributed by atoms with Gasteiger partial charge in [-0.15, -0.1) is 0 Å². The Kier molecular flexibility index (Phi) is 6.50. The number of halogens is 3. The van der Waals surface area contributed by atoms with Crippen LogP contribution in [0.2, 0.25) is 15.1 Å². The second kappa shape index (κ2) is 9.71. The number of amides is 1. The first kappa shape index (κ1) is 22.8. The van der Waals surface area contributed by atoms with Crippen LogP contribution in [0.1, 0.15) is 10.5 Å². The molecule has 0 N–H and O–H groups in total. The van der Waals surface area contributed by atoms with Crippen molar-refractivity contribution >= 4 is 46.4 Å². The van der Waals surface area contributed by atoms with E-state index in [1.165, 1.54) is 0 Å². The fraction of sp³-hybridized carbons (Fsp3) is 0.154. The number of nitrogens with zero attached hydrogens (tertiary/aromatic N) is 4. The number of anilines is 1. The summed E-state index contributed by atoms with van der Waals surface area (Å²) in [6.45, 7) is 2.54. The minimum Gasteiger partial charge on any atom is -0.367 e. The number of hydrogen-bond donors (Lipinski definition) is 0. The number of piperazine rings is 1. The van der Waals surface area contributed by atoms with Crippen molar-refractivity contribution in [2.24, 2.45) is 0 Å². The topological polar surface area (TPSA) is 41.4 Å². The molecule has 172 valence electrons. The molecule has 0 saturated carbocycles. The van der Waals surface area contributed by atoms with Crippen LogP contribution in [0.15, 0.2) is 78.9 Å². The standard InChI is InChI=1S/C26H21Cl3N4O/c27-18-6-5-7-19(16-18)33-25(17-23(30-33)20-8-1-2-9-21(20)28)26(34)32-14-12-31(13-15-32)24-11-4-3-10-22(24)29/h1-11,16-17H,12-15H2. The molecule has 3 aromatic carbocycles. The van der Waals surface area contributed by atoms with Crippen LogP contribution < -0.4 is 4.90 Å². The molecule has 34 heavy (non-hydrogen) atoms. The fourth-order valence-corrected chi connectivity index (χ4v) is 4.83. The van der Waals surface area contributed by atoms with Crippen molar-refractivity contribution < 1.29 is 4.79 Å². The highest BCUT2D eigenvalue weighted by Crippen LogP contribution is 2.30. The Hall–Kier alpha value is -2.99. The molecule has 0 spiro atoms. The molecule has 4 aromatic rings. The van der Waals surface area contributed by atoms with Crippen LogP contribution in [0.4, 0.5) is 5.69 Å². The van der Waals surface area contributed by atoms with E-state index in [2.05, 4.69) is 4.90 Å². The Labute approximate surface area is 213 Å². The van der Waals surface area contributed by atoms with Crippen molar-refractivity contribution in [3.05, 3.63) is 99.6 Å². The van der Waals surface area contributed by atoms with Gasteiger partial charge in [-0.3, -0.25) is 4.79 Å². The molecule has 1 saturated heterocycles. The van der Waals surface area contributed by atoms with Crippen LogP contribution in [-0.2, 0) is 0 Å². The first-order chi connectivity index (χ1) is 16.5. The molecule has 1 aliphatic heterocycles. The average Bonchev–Trinajstić information content (AvgIpc) is 3.30. The molecule has 0 aliphatic carbocycles. The zero-order valence-corrected chi connectivity index (χ0v) is 20.4. The van der Waals surface area contributed by atoms with Crippen molar-refractivity contribution in [3.8, 4) is 16.9 Å². The van der Waals surface area contributed by atoms with Gasteiger partial charge in [0.25, 0.3) is 5.91 Å². The number of carbonyl (C=O) groups is 1. The van der Waals surface area contributed by atoms with Gasteiger partial charge in [0.1, 0.15) is 5.69 Å². The van der Waals surface area contributed by atoms with Crippen LogP contribution in [0.3, 0.4) is 0 Å². The molecular formula is C26H21Cl3N4O. The van der Waals surface area contributed by atoms with Crippen LogP contribution >= 0.6 is 34.8 Å². The molecule has 5 rings (SSSR count). The number of aromatic nitrogens is 2. The lowest BCUT2D eigenvalue weighted by Gasteiger charge is -2.36. The third kappa shape index (κ3) is 4.51. The predicted molar refractivity (Wildman–Crippen MR) is 139 cm³/mol. The summed E-state index contributed by atoms with van der Waals surface area (Å²) in [6.07, 6.45) is 0. The number of benzene rings is 3. The summed E-state index contributed by atoms with van der Waals surface area (Å²) in [4.78, 5) is 17.7. The predicted octanol–water partition coefficient (Wildman–Crippen LogP) is 6.46. The highest BCUT2D eigenvalue weighted by Gasteiger charge is 2.27. The third-order valence-corrected chi connectivity index (χ3v) is 6.78. The van der Waals surface area contributed by atoms with Crippen LogP contribution in [0.5, 0.6) is 0 Å². The Morgan fingerprint density at radius 1 is 0.765 bits per heavy atom. The van der Waals surface area contributed by atoms with E-state index in [1.807, 2.05) is 65.6 Å². The van der Waals surface area contributed by atoms with Gasteiger partial charge in [0.2, 0.25) is 0 Å². The Balaban J connectivity index is 1.46. The van der Waals surface area contributed by atoms with Gasteiger partial charge >= 0.3 is 0 Å². The lowest BCUT2D eigenvalue weighted by atomic mass is 10.1. The highest BCUT2D eigenvalue weighted by molar-refractivity contribution is 6.33. The van der Waals surface area contributed by atoms with Gasteiger partial charge in [0, 0.05) is 36.8 Å². The Morgan fingerprint density at radius 3 is 2.18 bits per heavy atom. The molecule has 1 fully saturated rings. The summed E-state index contributed by atoms with van der Waals surface area (Å²) in [5, 5.41) is 6.60. The lowest BCUT2D eigenvalue weighted by Crippen LogP contribution is -2.49. The summed E-state index contributed by atoms with van der Waals surface area (Å²) < 4.78 is 1.65. The SMILES string of the molecule is O=C(c1cc(-c2ccccc2Cl)nn1-c1cccc(Cl)c1)N1CCN(c2ccccc2Cl)CC1. The third-order valence-electron chi connectivity index (χ3n) is 5.89. The molecule has 0 radical (unpaired) electrons. The molecule has 1 aromatic heterocycles. The zero-order valence-electron chi connectivity index (χ0n) is 18.2. The first-order valence-electron chi connectivity index (χ1n) is 10.9. The van der Waals surface area contributed by atoms with Gasteiger partial charge in [0.05, 0.1) is 27.1 Å². The maximum absolute atomic E-state index is 13.7. The van der Waals surface area contributed by atoms with Crippen LogP contribution in [0.25, 0.3) is 16.9 Å². The normalized spacial score (nSPS) is 13.9. The van der Waals surface area contributed by atoms with Crippen molar-refractivity contribution in [1.82, 2.24) is 14.7 Å². The van der Waals surface area contributed by atoms with Gasteiger partial charge in [-0.05, 0) is 42.5 Å². The number of rotatable bonds is 4. The molecule has 5 nitrogen and oxygen atoms in total. The van der Waals surface area contributed by atoms with Gasteiger partial charge in [-0.1, -0.05) is 71.2 Å². The van der Waals surface area contributed by atoms with E-state index in [4.69, 9.17) is 39.9 Å². The van der Waals surface area contributed by atoms with E-state index in [1.54, 1.807) is 22.9 Å². The molecule has 1 amide bonds. The number of hydrogen-bond acceptors (Lipinski definition) is 3. The van der Waals surface area contributed by atoms with Crippen molar-refractivity contribution in [3.63, 3.8) is 0 Å². The molecular weight excluding hydrogens is 491 g/mol. The van der Waals surface area contributed by atoms with Crippen molar-refractivity contribution in [2.75, 3.05) is 31.1 Å². The fourth-order valence-electron chi connectivity index (χ4n) is 4.16.